The quantitative estimate of drug-likeness (QED) is 0.178. The van der Waals surface area contributed by atoms with Gasteiger partial charge in [-0.25, -0.2) is 31.7 Å². The first-order valence-corrected chi connectivity index (χ1v) is 16.1. The predicted molar refractivity (Wildman–Crippen MR) is 167 cm³/mol. The number of carbonyl (C=O) groups is 1. The largest absolute Gasteiger partial charge is 0.340 e. The zero-order chi connectivity index (χ0) is 31.6. The summed E-state index contributed by atoms with van der Waals surface area (Å²) in [5.41, 5.74) is 2.36. The minimum Gasteiger partial charge on any atom is -0.340 e. The number of anilines is 5. The molecule has 1 heterocycles. The van der Waals surface area contributed by atoms with Gasteiger partial charge in [0.2, 0.25) is 26.0 Å². The number of nitrogens with two attached hydrogens (primary N) is 1. The third-order valence-electron chi connectivity index (χ3n) is 5.98. The van der Waals surface area contributed by atoms with E-state index in [1.54, 1.807) is 82.4 Å². The molecule has 3 aromatic carbocycles. The number of amides is 1. The number of sulfonamides is 2. The van der Waals surface area contributed by atoms with Crippen LogP contribution in [0, 0.1) is 13.8 Å². The number of nitrogens with one attached hydrogen (secondary N) is 4. The lowest BCUT2D eigenvalue weighted by Gasteiger charge is -2.20. The van der Waals surface area contributed by atoms with Crippen LogP contribution in [0.2, 0.25) is 0 Å². The molecule has 0 spiro atoms. The second-order valence-corrected chi connectivity index (χ2v) is 14.1. The minimum absolute atomic E-state index is 0.0629. The fourth-order valence-corrected chi connectivity index (χ4v) is 6.26. The van der Waals surface area contributed by atoms with E-state index in [-0.39, 0.29) is 15.7 Å². The molecule has 226 valence electrons. The van der Waals surface area contributed by atoms with Crippen molar-refractivity contribution in [3.8, 4) is 0 Å². The van der Waals surface area contributed by atoms with Crippen LogP contribution in [0.1, 0.15) is 42.3 Å². The second-order valence-electron chi connectivity index (χ2n) is 10.9. The first-order chi connectivity index (χ1) is 20.0. The molecule has 0 saturated carbocycles. The summed E-state index contributed by atoms with van der Waals surface area (Å²) < 4.78 is 51.8. The first kappa shape index (κ1) is 31.6. The molecule has 6 N–H and O–H groups in total. The number of aryl methyl sites for hydroxylation is 2. The fraction of sp³-hybridized carbons (Fsp3) is 0.207. The number of hydrogen-bond donors (Lipinski definition) is 5. The Hall–Kier alpha value is -4.37. The van der Waals surface area contributed by atoms with Crippen LogP contribution < -0.4 is 25.8 Å². The minimum atomic E-state index is -3.93. The van der Waals surface area contributed by atoms with Crippen molar-refractivity contribution in [1.29, 1.82) is 0 Å². The highest BCUT2D eigenvalue weighted by molar-refractivity contribution is 7.89. The smallest absolute Gasteiger partial charge is 0.255 e. The summed E-state index contributed by atoms with van der Waals surface area (Å²) in [4.78, 5) is 21.6. The Morgan fingerprint density at radius 3 is 2.14 bits per heavy atom. The molecule has 43 heavy (non-hydrogen) atoms. The van der Waals surface area contributed by atoms with E-state index in [0.717, 1.165) is 5.56 Å². The van der Waals surface area contributed by atoms with Gasteiger partial charge in [0.15, 0.2) is 0 Å². The van der Waals surface area contributed by atoms with Gasteiger partial charge in [-0.2, -0.15) is 4.98 Å². The average Bonchev–Trinajstić information content (AvgIpc) is 2.90. The topological polar surface area (TPSA) is 185 Å². The van der Waals surface area contributed by atoms with Crippen LogP contribution in [0.5, 0.6) is 0 Å². The molecule has 12 nitrogen and oxygen atoms in total. The molecule has 0 fully saturated rings. The highest BCUT2D eigenvalue weighted by Gasteiger charge is 2.22. The van der Waals surface area contributed by atoms with E-state index in [9.17, 15) is 21.6 Å². The second kappa shape index (κ2) is 12.1. The number of rotatable bonds is 9. The van der Waals surface area contributed by atoms with Crippen molar-refractivity contribution in [3.05, 3.63) is 89.6 Å². The summed E-state index contributed by atoms with van der Waals surface area (Å²) in [7, 11) is -7.65. The Morgan fingerprint density at radius 2 is 1.49 bits per heavy atom. The lowest BCUT2D eigenvalue weighted by Crippen LogP contribution is -2.40. The van der Waals surface area contributed by atoms with Gasteiger partial charge < -0.3 is 16.0 Å². The standard InChI is InChI=1S/C29H33N7O5S2/c1-18-9-12-23(16-25(18)42(30,38)39)33-27(37)20-10-13-21(14-11-20)34-28-31-17-19(2)26(35-28)32-22-7-6-8-24(15-22)43(40,41)36-29(3,4)5/h6-17,36H,1-5H3,(H,33,37)(H2,30,38,39)(H2,31,32,34,35). The maximum atomic E-state index is 12.8. The van der Waals surface area contributed by atoms with Gasteiger partial charge in [-0.3, -0.25) is 4.79 Å². The Kier molecular flexibility index (Phi) is 8.87. The Labute approximate surface area is 251 Å². The lowest BCUT2D eigenvalue weighted by molar-refractivity contribution is 0.102. The molecule has 0 bridgehead atoms. The summed E-state index contributed by atoms with van der Waals surface area (Å²) in [5.74, 6) is 0.318. The number of carbonyl (C=O) groups excluding carboxylic acids is 1. The molecule has 1 amide bonds. The normalized spacial score (nSPS) is 12.0. The highest BCUT2D eigenvalue weighted by Crippen LogP contribution is 2.24. The van der Waals surface area contributed by atoms with E-state index in [4.69, 9.17) is 5.14 Å². The maximum absolute atomic E-state index is 12.8. The zero-order valence-electron chi connectivity index (χ0n) is 24.3. The Balaban J connectivity index is 1.46. The fourth-order valence-electron chi connectivity index (χ4n) is 3.99. The van der Waals surface area contributed by atoms with E-state index < -0.39 is 31.5 Å². The molecular formula is C29H33N7O5S2. The highest BCUT2D eigenvalue weighted by atomic mass is 32.2. The molecule has 0 unspecified atom stereocenters. The number of nitrogens with zero attached hydrogens (tertiary/aromatic N) is 2. The predicted octanol–water partition coefficient (Wildman–Crippen LogP) is 4.56. The van der Waals surface area contributed by atoms with Crippen molar-refractivity contribution in [2.75, 3.05) is 16.0 Å². The number of benzene rings is 3. The third-order valence-corrected chi connectivity index (χ3v) is 8.78. The van der Waals surface area contributed by atoms with Crippen molar-refractivity contribution >= 4 is 54.8 Å². The summed E-state index contributed by atoms with van der Waals surface area (Å²) in [6, 6.07) is 17.4. The Morgan fingerprint density at radius 1 is 0.814 bits per heavy atom. The molecular weight excluding hydrogens is 590 g/mol. The van der Waals surface area contributed by atoms with E-state index in [2.05, 4.69) is 30.6 Å². The van der Waals surface area contributed by atoms with Gasteiger partial charge in [0.05, 0.1) is 9.79 Å². The molecule has 0 saturated heterocycles. The van der Waals surface area contributed by atoms with Gasteiger partial charge in [0, 0.05) is 39.9 Å². The van der Waals surface area contributed by atoms with Gasteiger partial charge in [-0.1, -0.05) is 12.1 Å². The number of aromatic nitrogens is 2. The molecule has 4 rings (SSSR count). The average molecular weight is 624 g/mol. The zero-order valence-corrected chi connectivity index (χ0v) is 25.9. The van der Waals surface area contributed by atoms with Gasteiger partial charge in [-0.15, -0.1) is 0 Å². The third kappa shape index (κ3) is 8.35. The van der Waals surface area contributed by atoms with E-state index in [0.29, 0.717) is 34.0 Å². The van der Waals surface area contributed by atoms with Crippen molar-refractivity contribution in [1.82, 2.24) is 14.7 Å². The van der Waals surface area contributed by atoms with Crippen molar-refractivity contribution in [2.45, 2.75) is 49.9 Å². The molecule has 1 aromatic heterocycles. The van der Waals surface area contributed by atoms with E-state index >= 15 is 0 Å². The van der Waals surface area contributed by atoms with Crippen LogP contribution in [0.25, 0.3) is 0 Å². The lowest BCUT2D eigenvalue weighted by atomic mass is 10.1. The molecule has 4 aromatic rings. The molecule has 0 atom stereocenters. The SMILES string of the molecule is Cc1ccc(NC(=O)c2ccc(Nc3ncc(C)c(Nc4cccc(S(=O)(=O)NC(C)(C)C)c4)n3)cc2)cc1S(N)(=O)=O. The first-order valence-electron chi connectivity index (χ1n) is 13.1. The van der Waals surface area contributed by atoms with Gasteiger partial charge in [0.1, 0.15) is 5.82 Å². The monoisotopic (exact) mass is 623 g/mol. The van der Waals surface area contributed by atoms with Crippen LogP contribution in [0.3, 0.4) is 0 Å². The van der Waals surface area contributed by atoms with Gasteiger partial charge in [0.25, 0.3) is 5.91 Å². The molecule has 0 aliphatic carbocycles. The summed E-state index contributed by atoms with van der Waals surface area (Å²) in [6.07, 6.45) is 1.62. The molecule has 0 aliphatic heterocycles. The summed E-state index contributed by atoms with van der Waals surface area (Å²) >= 11 is 0. The van der Waals surface area contributed by atoms with Crippen LogP contribution in [-0.4, -0.2) is 38.2 Å². The van der Waals surface area contributed by atoms with E-state index in [1.807, 2.05) is 6.92 Å². The van der Waals surface area contributed by atoms with E-state index in [1.165, 1.54) is 18.2 Å². The molecule has 14 heteroatoms. The summed E-state index contributed by atoms with van der Waals surface area (Å²) in [5, 5.41) is 14.2. The number of hydrogen-bond acceptors (Lipinski definition) is 9. The summed E-state index contributed by atoms with van der Waals surface area (Å²) in [6.45, 7) is 8.75. The van der Waals surface area contributed by atoms with Crippen LogP contribution in [0.15, 0.2) is 82.7 Å². The van der Waals surface area contributed by atoms with Crippen LogP contribution >= 0.6 is 0 Å². The number of primary sulfonamides is 1. The maximum Gasteiger partial charge on any atom is 0.255 e. The van der Waals surface area contributed by atoms with Crippen LogP contribution in [0.4, 0.5) is 28.8 Å². The van der Waals surface area contributed by atoms with Crippen LogP contribution in [-0.2, 0) is 20.0 Å². The Bertz CT molecular complexity index is 1890. The van der Waals surface area contributed by atoms with Crippen molar-refractivity contribution < 1.29 is 21.6 Å². The van der Waals surface area contributed by atoms with Gasteiger partial charge >= 0.3 is 0 Å². The molecule has 0 radical (unpaired) electrons. The molecule has 0 aliphatic rings. The van der Waals surface area contributed by atoms with Gasteiger partial charge in [-0.05, 0) is 94.8 Å². The van der Waals surface area contributed by atoms with Crippen molar-refractivity contribution in [3.63, 3.8) is 0 Å². The van der Waals surface area contributed by atoms with Crippen molar-refractivity contribution in [2.24, 2.45) is 5.14 Å².